The van der Waals surface area contributed by atoms with Crippen molar-refractivity contribution < 1.29 is 8.42 Å². The molecule has 0 atom stereocenters. The summed E-state index contributed by atoms with van der Waals surface area (Å²) in [5.41, 5.74) is 1.49. The van der Waals surface area contributed by atoms with Crippen molar-refractivity contribution in [2.75, 3.05) is 4.72 Å². The first-order valence-electron chi connectivity index (χ1n) is 6.85. The number of aromatic nitrogens is 4. The fraction of sp³-hybridized carbons (Fsp3) is 0.214. The lowest BCUT2D eigenvalue weighted by molar-refractivity contribution is 0.601. The highest BCUT2D eigenvalue weighted by molar-refractivity contribution is 7.93. The van der Waals surface area contributed by atoms with Crippen molar-refractivity contribution in [3.63, 3.8) is 0 Å². The number of nitrogens with zero attached hydrogens (tertiary/aromatic N) is 3. The molecule has 23 heavy (non-hydrogen) atoms. The van der Waals surface area contributed by atoms with Crippen LogP contribution in [0.2, 0.25) is 0 Å². The molecule has 0 bridgehead atoms. The Morgan fingerprint density at radius 3 is 2.52 bits per heavy atom. The fourth-order valence-corrected chi connectivity index (χ4v) is 4.83. The standard InChI is InChI=1S/C14H15N5O2S2/c1-9-7-13(10(2)22-9)23(20,21)17-12-5-3-11(4-6-12)8-14-15-18-19-16-14/h3-7,17H,8H2,1-2H3,(H,15,16,18,19). The van der Waals surface area contributed by atoms with Crippen LogP contribution in [0.1, 0.15) is 21.1 Å². The molecule has 0 aliphatic rings. The molecule has 2 N–H and O–H groups in total. The predicted octanol–water partition coefficient (Wildman–Crippen LogP) is 2.27. The molecule has 0 aliphatic carbocycles. The molecule has 120 valence electrons. The average Bonchev–Trinajstić information content (AvgIpc) is 3.10. The molecular weight excluding hydrogens is 334 g/mol. The van der Waals surface area contributed by atoms with Gasteiger partial charge in [-0.25, -0.2) is 8.42 Å². The van der Waals surface area contributed by atoms with Crippen molar-refractivity contribution >= 4 is 27.0 Å². The van der Waals surface area contributed by atoms with Gasteiger partial charge >= 0.3 is 0 Å². The summed E-state index contributed by atoms with van der Waals surface area (Å²) in [6.45, 7) is 3.70. The third-order valence-electron chi connectivity index (χ3n) is 3.24. The van der Waals surface area contributed by atoms with Gasteiger partial charge in [0, 0.05) is 21.9 Å². The average molecular weight is 349 g/mol. The summed E-state index contributed by atoms with van der Waals surface area (Å²) in [7, 11) is -3.57. The molecule has 3 aromatic rings. The molecule has 3 rings (SSSR count). The van der Waals surface area contributed by atoms with Crippen molar-refractivity contribution in [2.24, 2.45) is 0 Å². The molecule has 0 radical (unpaired) electrons. The van der Waals surface area contributed by atoms with E-state index in [4.69, 9.17) is 0 Å². The smallest absolute Gasteiger partial charge is 0.262 e. The Hall–Kier alpha value is -2.26. The lowest BCUT2D eigenvalue weighted by atomic mass is 10.1. The van der Waals surface area contributed by atoms with Crippen molar-refractivity contribution in [1.29, 1.82) is 0 Å². The Kier molecular flexibility index (Phi) is 4.14. The van der Waals surface area contributed by atoms with E-state index in [-0.39, 0.29) is 0 Å². The lowest BCUT2D eigenvalue weighted by Crippen LogP contribution is -2.13. The second-order valence-electron chi connectivity index (χ2n) is 5.08. The van der Waals surface area contributed by atoms with Crippen LogP contribution in [0, 0.1) is 13.8 Å². The number of nitrogens with one attached hydrogen (secondary N) is 2. The van der Waals surface area contributed by atoms with Crippen LogP contribution in [0.15, 0.2) is 35.2 Å². The molecule has 0 unspecified atom stereocenters. The predicted molar refractivity (Wildman–Crippen MR) is 88.0 cm³/mol. The lowest BCUT2D eigenvalue weighted by Gasteiger charge is -2.08. The van der Waals surface area contributed by atoms with Gasteiger partial charge in [0.15, 0.2) is 5.82 Å². The Bertz CT molecular complexity index is 899. The third-order valence-corrected chi connectivity index (χ3v) is 5.85. The van der Waals surface area contributed by atoms with E-state index >= 15 is 0 Å². The number of anilines is 1. The molecule has 9 heteroatoms. The first-order chi connectivity index (χ1) is 10.9. The number of tetrazole rings is 1. The van der Waals surface area contributed by atoms with Gasteiger partial charge in [0.25, 0.3) is 10.0 Å². The number of benzene rings is 1. The van der Waals surface area contributed by atoms with Crippen LogP contribution in [0.4, 0.5) is 5.69 Å². The van der Waals surface area contributed by atoms with E-state index in [1.165, 1.54) is 11.3 Å². The minimum Gasteiger partial charge on any atom is -0.280 e. The number of hydrogen-bond acceptors (Lipinski definition) is 6. The summed E-state index contributed by atoms with van der Waals surface area (Å²) in [6.07, 6.45) is 0.534. The zero-order valence-electron chi connectivity index (χ0n) is 12.6. The molecule has 2 heterocycles. The molecule has 0 saturated carbocycles. The summed E-state index contributed by atoms with van der Waals surface area (Å²) < 4.78 is 27.5. The second-order valence-corrected chi connectivity index (χ2v) is 8.20. The van der Waals surface area contributed by atoms with E-state index in [9.17, 15) is 8.42 Å². The molecule has 0 aliphatic heterocycles. The maximum Gasteiger partial charge on any atom is 0.262 e. The van der Waals surface area contributed by atoms with Crippen molar-refractivity contribution in [3.8, 4) is 0 Å². The Morgan fingerprint density at radius 2 is 1.96 bits per heavy atom. The summed E-state index contributed by atoms with van der Waals surface area (Å²) >= 11 is 1.47. The first kappa shape index (κ1) is 15.6. The van der Waals surface area contributed by atoms with Gasteiger partial charge < -0.3 is 0 Å². The first-order valence-corrected chi connectivity index (χ1v) is 9.15. The van der Waals surface area contributed by atoms with Gasteiger partial charge in [-0.15, -0.1) is 21.5 Å². The largest absolute Gasteiger partial charge is 0.280 e. The molecule has 0 fully saturated rings. The van der Waals surface area contributed by atoms with Crippen LogP contribution in [-0.2, 0) is 16.4 Å². The molecule has 0 spiro atoms. The van der Waals surface area contributed by atoms with Gasteiger partial charge in [-0.2, -0.15) is 5.21 Å². The second kappa shape index (κ2) is 6.09. The van der Waals surface area contributed by atoms with E-state index in [2.05, 4.69) is 25.3 Å². The highest BCUT2D eigenvalue weighted by Gasteiger charge is 2.19. The Labute approximate surface area is 137 Å². The number of rotatable bonds is 5. The monoisotopic (exact) mass is 349 g/mol. The van der Waals surface area contributed by atoms with E-state index in [0.717, 1.165) is 15.3 Å². The van der Waals surface area contributed by atoms with E-state index in [0.29, 0.717) is 22.8 Å². The molecule has 2 aromatic heterocycles. The Balaban J connectivity index is 1.76. The van der Waals surface area contributed by atoms with Crippen molar-refractivity contribution in [3.05, 3.63) is 51.5 Å². The van der Waals surface area contributed by atoms with Crippen molar-refractivity contribution in [1.82, 2.24) is 20.6 Å². The maximum absolute atomic E-state index is 12.4. The topological polar surface area (TPSA) is 101 Å². The number of thiophene rings is 1. The number of aryl methyl sites for hydroxylation is 2. The van der Waals surface area contributed by atoms with E-state index < -0.39 is 10.0 Å². The quantitative estimate of drug-likeness (QED) is 0.736. The molecule has 1 aromatic carbocycles. The number of hydrogen-bond donors (Lipinski definition) is 2. The van der Waals surface area contributed by atoms with Gasteiger partial charge in [0.1, 0.15) is 4.90 Å². The summed E-state index contributed by atoms with van der Waals surface area (Å²) in [4.78, 5) is 2.08. The van der Waals surface area contributed by atoms with Crippen LogP contribution in [0.3, 0.4) is 0 Å². The van der Waals surface area contributed by atoms with Crippen LogP contribution in [-0.4, -0.2) is 29.0 Å². The molecule has 7 nitrogen and oxygen atoms in total. The number of H-pyrrole nitrogens is 1. The molecule has 0 amide bonds. The van der Waals surface area contributed by atoms with Gasteiger partial charge in [0.2, 0.25) is 0 Å². The number of sulfonamides is 1. The highest BCUT2D eigenvalue weighted by Crippen LogP contribution is 2.26. The van der Waals surface area contributed by atoms with Crippen molar-refractivity contribution in [2.45, 2.75) is 25.2 Å². The highest BCUT2D eigenvalue weighted by atomic mass is 32.2. The SMILES string of the molecule is Cc1cc(S(=O)(=O)Nc2ccc(Cc3nn[nH]n3)cc2)c(C)s1. The zero-order chi connectivity index (χ0) is 16.4. The third kappa shape index (κ3) is 3.57. The minimum atomic E-state index is -3.57. The van der Waals surface area contributed by atoms with Crippen LogP contribution in [0.5, 0.6) is 0 Å². The van der Waals surface area contributed by atoms with Gasteiger partial charge in [-0.05, 0) is 37.6 Å². The van der Waals surface area contributed by atoms with Gasteiger partial charge in [-0.1, -0.05) is 17.3 Å². The zero-order valence-corrected chi connectivity index (χ0v) is 14.2. The van der Waals surface area contributed by atoms with Crippen LogP contribution in [0.25, 0.3) is 0 Å². The Morgan fingerprint density at radius 1 is 1.22 bits per heavy atom. The number of aromatic amines is 1. The molecule has 0 saturated heterocycles. The van der Waals surface area contributed by atoms with E-state index in [1.54, 1.807) is 25.1 Å². The minimum absolute atomic E-state index is 0.330. The van der Waals surface area contributed by atoms with E-state index in [1.807, 2.05) is 19.1 Å². The summed E-state index contributed by atoms with van der Waals surface area (Å²) in [5.74, 6) is 0.586. The van der Waals surface area contributed by atoms with Crippen LogP contribution < -0.4 is 4.72 Å². The summed E-state index contributed by atoms with van der Waals surface area (Å²) in [5, 5.41) is 13.7. The van der Waals surface area contributed by atoms with Gasteiger partial charge in [0.05, 0.1) is 0 Å². The fourth-order valence-electron chi connectivity index (χ4n) is 2.22. The maximum atomic E-state index is 12.4. The van der Waals surface area contributed by atoms with Gasteiger partial charge in [-0.3, -0.25) is 4.72 Å². The summed E-state index contributed by atoms with van der Waals surface area (Å²) in [6, 6.07) is 8.80. The molecular formula is C14H15N5O2S2. The van der Waals surface area contributed by atoms with Crippen LogP contribution >= 0.6 is 11.3 Å². The normalized spacial score (nSPS) is 11.6.